The Kier molecular flexibility index (Phi) is 7.16. The first-order valence-corrected chi connectivity index (χ1v) is 10.7. The number of likely N-dealkylation sites (tertiary alicyclic amines) is 1. The molecule has 3 rings (SSSR count). The number of halogens is 1. The summed E-state index contributed by atoms with van der Waals surface area (Å²) in [6.45, 7) is 7.00. The van der Waals surface area contributed by atoms with E-state index in [1.54, 1.807) is 18.2 Å². The first-order valence-electron chi connectivity index (χ1n) is 10.3. The summed E-state index contributed by atoms with van der Waals surface area (Å²) >= 11 is 6.41. The van der Waals surface area contributed by atoms with E-state index in [1.807, 2.05) is 31.7 Å². The molecule has 0 unspecified atom stereocenters. The molecule has 0 aliphatic carbocycles. The molecule has 1 saturated heterocycles. The quantitative estimate of drug-likeness (QED) is 0.473. The number of anilines is 1. The van der Waals surface area contributed by atoms with Crippen molar-refractivity contribution in [3.05, 3.63) is 64.7 Å². The van der Waals surface area contributed by atoms with Crippen LogP contribution >= 0.6 is 11.6 Å². The average Bonchev–Trinajstić information content (AvgIpc) is 2.72. The molecule has 1 fully saturated rings. The van der Waals surface area contributed by atoms with E-state index >= 15 is 0 Å². The summed E-state index contributed by atoms with van der Waals surface area (Å²) in [5, 5.41) is 1.45. The maximum atomic E-state index is 13.0. The number of hydroxylamine groups is 1. The van der Waals surface area contributed by atoms with Crippen molar-refractivity contribution in [2.24, 2.45) is 5.92 Å². The number of piperidine rings is 1. The van der Waals surface area contributed by atoms with Crippen molar-refractivity contribution in [1.29, 1.82) is 0 Å². The van der Waals surface area contributed by atoms with Gasteiger partial charge in [-0.2, -0.15) is 5.06 Å². The maximum Gasteiger partial charge on any atom is 0.255 e. The van der Waals surface area contributed by atoms with Gasteiger partial charge in [-0.15, -0.1) is 0 Å². The van der Waals surface area contributed by atoms with E-state index in [1.165, 1.54) is 5.56 Å². The van der Waals surface area contributed by atoms with Crippen molar-refractivity contribution in [3.63, 3.8) is 0 Å². The molecule has 0 bridgehead atoms. The Morgan fingerprint density at radius 1 is 1.17 bits per heavy atom. The van der Waals surface area contributed by atoms with Gasteiger partial charge < -0.3 is 4.90 Å². The second-order valence-electron chi connectivity index (χ2n) is 8.72. The lowest BCUT2D eigenvalue weighted by molar-refractivity contribution is -0.120. The van der Waals surface area contributed by atoms with E-state index < -0.39 is 5.60 Å². The van der Waals surface area contributed by atoms with Crippen LogP contribution < -0.4 is 5.06 Å². The van der Waals surface area contributed by atoms with Crippen LogP contribution in [0.15, 0.2) is 48.5 Å². The number of carbonyl (C=O) groups is 2. The third-order valence-electron chi connectivity index (χ3n) is 5.17. The summed E-state index contributed by atoms with van der Waals surface area (Å²) < 4.78 is 0. The summed E-state index contributed by atoms with van der Waals surface area (Å²) in [6, 6.07) is 15.4. The van der Waals surface area contributed by atoms with E-state index in [9.17, 15) is 9.59 Å². The van der Waals surface area contributed by atoms with Crippen molar-refractivity contribution >= 4 is 29.6 Å². The van der Waals surface area contributed by atoms with Gasteiger partial charge in [0.25, 0.3) is 5.91 Å². The van der Waals surface area contributed by atoms with Gasteiger partial charge in [0, 0.05) is 13.1 Å². The highest BCUT2D eigenvalue weighted by Crippen LogP contribution is 2.28. The molecule has 2 aromatic carbocycles. The Morgan fingerprint density at radius 3 is 2.40 bits per heavy atom. The molecule has 160 valence electrons. The molecule has 2 aromatic rings. The van der Waals surface area contributed by atoms with Crippen molar-refractivity contribution in [1.82, 2.24) is 4.90 Å². The number of hydrogen-bond donors (Lipinski definition) is 0. The number of amides is 2. The lowest BCUT2D eigenvalue weighted by atomic mass is 9.90. The zero-order valence-corrected chi connectivity index (χ0v) is 18.6. The molecule has 2 amide bonds. The highest BCUT2D eigenvalue weighted by atomic mass is 35.5. The minimum absolute atomic E-state index is 0.0703. The van der Waals surface area contributed by atoms with Crippen LogP contribution in [-0.4, -0.2) is 35.9 Å². The molecule has 0 spiro atoms. The van der Waals surface area contributed by atoms with Gasteiger partial charge in [-0.3, -0.25) is 14.4 Å². The zero-order valence-electron chi connectivity index (χ0n) is 17.8. The minimum Gasteiger partial charge on any atom is -0.339 e. The highest BCUT2D eigenvalue weighted by Gasteiger charge is 2.26. The molecule has 5 nitrogen and oxygen atoms in total. The second-order valence-corrected chi connectivity index (χ2v) is 9.13. The van der Waals surface area contributed by atoms with Crippen molar-refractivity contribution in [2.45, 2.75) is 45.6 Å². The molecule has 0 atom stereocenters. The molecule has 1 heterocycles. The Labute approximate surface area is 183 Å². The van der Waals surface area contributed by atoms with Crippen molar-refractivity contribution in [3.8, 4) is 0 Å². The largest absolute Gasteiger partial charge is 0.339 e. The first kappa shape index (κ1) is 22.3. The Bertz CT molecular complexity index is 872. The Hall–Kier alpha value is -2.37. The fraction of sp³-hybridized carbons (Fsp3) is 0.417. The van der Waals surface area contributed by atoms with E-state index in [2.05, 4.69) is 24.3 Å². The zero-order chi connectivity index (χ0) is 21.7. The van der Waals surface area contributed by atoms with Gasteiger partial charge in [-0.1, -0.05) is 41.9 Å². The van der Waals surface area contributed by atoms with Gasteiger partial charge in [-0.25, -0.2) is 0 Å². The van der Waals surface area contributed by atoms with Crippen LogP contribution in [0.2, 0.25) is 5.02 Å². The van der Waals surface area contributed by atoms with Crippen molar-refractivity contribution < 1.29 is 14.4 Å². The monoisotopic (exact) mass is 428 g/mol. The van der Waals surface area contributed by atoms with E-state index in [0.717, 1.165) is 37.4 Å². The molecule has 0 radical (unpaired) electrons. The molecular weight excluding hydrogens is 400 g/mol. The second kappa shape index (κ2) is 9.63. The molecule has 0 N–H and O–H groups in total. The van der Waals surface area contributed by atoms with Gasteiger partial charge in [-0.05, 0) is 69.7 Å². The summed E-state index contributed by atoms with van der Waals surface area (Å²) in [5.41, 5.74) is 1.75. The van der Waals surface area contributed by atoms with Crippen LogP contribution in [0.4, 0.5) is 5.69 Å². The Balaban J connectivity index is 1.62. The number of rotatable bonds is 6. The molecule has 1 aliphatic rings. The van der Waals surface area contributed by atoms with Crippen LogP contribution in [0.25, 0.3) is 0 Å². The standard InChI is InChI=1S/C24H29ClN2O3/c1-24(2,3)30-27(17-28)20-9-10-21(22(25)16-20)23(29)26-13-11-19(12-14-26)15-18-7-5-4-6-8-18/h4-10,16-17,19H,11-15H2,1-3H3. The molecule has 0 saturated carbocycles. The first-order chi connectivity index (χ1) is 14.3. The molecular formula is C24H29ClN2O3. The minimum atomic E-state index is -0.536. The molecule has 0 aromatic heterocycles. The lowest BCUT2D eigenvalue weighted by Gasteiger charge is -2.32. The summed E-state index contributed by atoms with van der Waals surface area (Å²) in [6.07, 6.45) is 3.60. The predicted molar refractivity (Wildman–Crippen MR) is 120 cm³/mol. The average molecular weight is 429 g/mol. The molecule has 30 heavy (non-hydrogen) atoms. The van der Waals surface area contributed by atoms with Crippen LogP contribution in [0, 0.1) is 5.92 Å². The summed E-state index contributed by atoms with van der Waals surface area (Å²) in [5.74, 6) is 0.518. The highest BCUT2D eigenvalue weighted by molar-refractivity contribution is 6.34. The normalized spacial score (nSPS) is 15.1. The van der Waals surface area contributed by atoms with Gasteiger partial charge in [0.1, 0.15) is 0 Å². The van der Waals surface area contributed by atoms with Gasteiger partial charge in [0.05, 0.1) is 21.9 Å². The summed E-state index contributed by atoms with van der Waals surface area (Å²) in [4.78, 5) is 31.9. The third kappa shape index (κ3) is 5.83. The van der Waals surface area contributed by atoms with E-state index in [0.29, 0.717) is 28.6 Å². The third-order valence-corrected chi connectivity index (χ3v) is 5.49. The number of hydrogen-bond acceptors (Lipinski definition) is 3. The van der Waals surface area contributed by atoms with E-state index in [4.69, 9.17) is 16.4 Å². The topological polar surface area (TPSA) is 49.9 Å². The Morgan fingerprint density at radius 2 is 1.83 bits per heavy atom. The van der Waals surface area contributed by atoms with Crippen LogP contribution in [-0.2, 0) is 16.1 Å². The lowest BCUT2D eigenvalue weighted by Crippen LogP contribution is -2.39. The maximum absolute atomic E-state index is 13.0. The summed E-state index contributed by atoms with van der Waals surface area (Å²) in [7, 11) is 0. The number of nitrogens with zero attached hydrogens (tertiary/aromatic N) is 2. The van der Waals surface area contributed by atoms with Crippen LogP contribution in [0.1, 0.15) is 49.5 Å². The SMILES string of the molecule is CC(C)(C)ON(C=O)c1ccc(C(=O)N2CCC(Cc3ccccc3)CC2)c(Cl)c1. The van der Waals surface area contributed by atoms with Crippen LogP contribution in [0.3, 0.4) is 0 Å². The number of benzene rings is 2. The van der Waals surface area contributed by atoms with Gasteiger partial charge in [0.15, 0.2) is 0 Å². The molecule has 6 heteroatoms. The molecule has 1 aliphatic heterocycles. The van der Waals surface area contributed by atoms with E-state index in [-0.39, 0.29) is 5.91 Å². The fourth-order valence-corrected chi connectivity index (χ4v) is 3.96. The van der Waals surface area contributed by atoms with Crippen LogP contribution in [0.5, 0.6) is 0 Å². The van der Waals surface area contributed by atoms with Gasteiger partial charge in [0.2, 0.25) is 6.41 Å². The predicted octanol–water partition coefficient (Wildman–Crippen LogP) is 5.13. The smallest absolute Gasteiger partial charge is 0.255 e. The van der Waals surface area contributed by atoms with Crippen molar-refractivity contribution in [2.75, 3.05) is 18.2 Å². The fourth-order valence-electron chi connectivity index (χ4n) is 3.70. The number of carbonyl (C=O) groups excluding carboxylic acids is 2. The van der Waals surface area contributed by atoms with Gasteiger partial charge >= 0.3 is 0 Å².